The summed E-state index contributed by atoms with van der Waals surface area (Å²) in [6.07, 6.45) is 0. The molecular weight excluding hydrogens is 294 g/mol. The zero-order chi connectivity index (χ0) is 15.8. The minimum atomic E-state index is -3.86. The summed E-state index contributed by atoms with van der Waals surface area (Å²) in [5.74, 6) is -0.659. The average molecular weight is 309 g/mol. The van der Waals surface area contributed by atoms with Crippen LogP contribution in [0, 0.1) is 6.92 Å². The summed E-state index contributed by atoms with van der Waals surface area (Å²) < 4.78 is 28.5. The van der Waals surface area contributed by atoms with Crippen LogP contribution >= 0.6 is 0 Å². The second kappa shape index (κ2) is 5.09. The van der Waals surface area contributed by atoms with Gasteiger partial charge in [0.2, 0.25) is 5.91 Å². The van der Waals surface area contributed by atoms with Crippen molar-refractivity contribution in [2.75, 3.05) is 10.5 Å². The van der Waals surface area contributed by atoms with Crippen molar-refractivity contribution in [2.45, 2.75) is 11.8 Å². The lowest BCUT2D eigenvalue weighted by Crippen LogP contribution is -2.16. The number of rotatable bonds is 4. The van der Waals surface area contributed by atoms with Crippen molar-refractivity contribution in [2.24, 2.45) is 12.8 Å². The molecule has 0 atom stereocenters. The summed E-state index contributed by atoms with van der Waals surface area (Å²) in [4.78, 5) is 10.9. The smallest absolute Gasteiger partial charge is 0.267 e. The number of carbonyl (C=O) groups is 1. The molecule has 5 N–H and O–H groups in total. The van der Waals surface area contributed by atoms with Gasteiger partial charge in [0.15, 0.2) is 10.7 Å². The molecule has 1 heterocycles. The molecule has 0 aliphatic heterocycles. The van der Waals surface area contributed by atoms with Crippen LogP contribution in [0.15, 0.2) is 29.2 Å². The Hall–Kier alpha value is -2.55. The minimum absolute atomic E-state index is 0.0658. The molecule has 1 aromatic heterocycles. The number of hydrogen-bond donors (Lipinski definition) is 3. The molecule has 9 heteroatoms. The van der Waals surface area contributed by atoms with Gasteiger partial charge in [0.25, 0.3) is 10.0 Å². The van der Waals surface area contributed by atoms with Gasteiger partial charge in [0, 0.05) is 18.3 Å². The SMILES string of the molecule is Cc1c(S(=O)(=O)Nc2ccc(C(N)=O)cc2)c(N)nn1C. The molecule has 21 heavy (non-hydrogen) atoms. The first-order valence-electron chi connectivity index (χ1n) is 5.94. The average Bonchev–Trinajstić information content (AvgIpc) is 2.63. The fourth-order valence-electron chi connectivity index (χ4n) is 1.86. The van der Waals surface area contributed by atoms with Gasteiger partial charge in [-0.3, -0.25) is 14.2 Å². The van der Waals surface area contributed by atoms with E-state index in [9.17, 15) is 13.2 Å². The number of aromatic nitrogens is 2. The second-order valence-electron chi connectivity index (χ2n) is 4.47. The van der Waals surface area contributed by atoms with Crippen LogP contribution in [0.1, 0.15) is 16.1 Å². The summed E-state index contributed by atoms with van der Waals surface area (Å²) in [6.45, 7) is 1.61. The van der Waals surface area contributed by atoms with E-state index in [4.69, 9.17) is 11.5 Å². The van der Waals surface area contributed by atoms with Crippen LogP contribution < -0.4 is 16.2 Å². The Morgan fingerprint density at radius 2 is 1.86 bits per heavy atom. The highest BCUT2D eigenvalue weighted by Crippen LogP contribution is 2.24. The highest BCUT2D eigenvalue weighted by Gasteiger charge is 2.24. The number of primary amides is 1. The van der Waals surface area contributed by atoms with Crippen molar-refractivity contribution in [1.29, 1.82) is 0 Å². The Kier molecular flexibility index (Phi) is 3.60. The molecule has 0 saturated heterocycles. The van der Waals surface area contributed by atoms with Crippen LogP contribution in [0.2, 0.25) is 0 Å². The number of benzene rings is 1. The predicted molar refractivity (Wildman–Crippen MR) is 78.1 cm³/mol. The number of aryl methyl sites for hydroxylation is 1. The summed E-state index contributed by atoms with van der Waals surface area (Å²) in [7, 11) is -2.26. The fourth-order valence-corrected chi connectivity index (χ4v) is 3.24. The van der Waals surface area contributed by atoms with Gasteiger partial charge in [-0.1, -0.05) is 0 Å². The Bertz CT molecular complexity index is 793. The maximum Gasteiger partial charge on any atom is 0.267 e. The minimum Gasteiger partial charge on any atom is -0.381 e. The van der Waals surface area contributed by atoms with Crippen LogP contribution in [-0.4, -0.2) is 24.1 Å². The van der Waals surface area contributed by atoms with Crippen LogP contribution in [-0.2, 0) is 17.1 Å². The van der Waals surface area contributed by atoms with Crippen molar-refractivity contribution in [1.82, 2.24) is 9.78 Å². The molecule has 2 rings (SSSR count). The van der Waals surface area contributed by atoms with Crippen LogP contribution in [0.5, 0.6) is 0 Å². The van der Waals surface area contributed by atoms with Gasteiger partial charge in [0.1, 0.15) is 0 Å². The van der Waals surface area contributed by atoms with E-state index in [2.05, 4.69) is 9.82 Å². The Morgan fingerprint density at radius 1 is 1.29 bits per heavy atom. The quantitative estimate of drug-likeness (QED) is 0.742. The number of anilines is 2. The lowest BCUT2D eigenvalue weighted by atomic mass is 10.2. The third kappa shape index (κ3) is 2.82. The molecule has 0 aliphatic carbocycles. The number of nitrogens with zero attached hydrogens (tertiary/aromatic N) is 2. The van der Waals surface area contributed by atoms with Crippen molar-refractivity contribution >= 4 is 27.4 Å². The monoisotopic (exact) mass is 309 g/mol. The highest BCUT2D eigenvalue weighted by molar-refractivity contribution is 7.93. The van der Waals surface area contributed by atoms with Crippen LogP contribution in [0.25, 0.3) is 0 Å². The molecule has 0 aliphatic rings. The van der Waals surface area contributed by atoms with E-state index in [1.54, 1.807) is 14.0 Å². The van der Waals surface area contributed by atoms with E-state index in [0.717, 1.165) is 0 Å². The molecule has 1 amide bonds. The van der Waals surface area contributed by atoms with Gasteiger partial charge < -0.3 is 11.5 Å². The fraction of sp³-hybridized carbons (Fsp3) is 0.167. The van der Waals surface area contributed by atoms with Gasteiger partial charge in [-0.25, -0.2) is 8.42 Å². The van der Waals surface area contributed by atoms with Gasteiger partial charge >= 0.3 is 0 Å². The number of sulfonamides is 1. The number of amides is 1. The highest BCUT2D eigenvalue weighted by atomic mass is 32.2. The van der Waals surface area contributed by atoms with E-state index in [0.29, 0.717) is 11.4 Å². The molecule has 0 spiro atoms. The normalized spacial score (nSPS) is 11.3. The molecule has 0 unspecified atom stereocenters. The van der Waals surface area contributed by atoms with E-state index < -0.39 is 15.9 Å². The first kappa shape index (κ1) is 14.9. The van der Waals surface area contributed by atoms with Gasteiger partial charge in [-0.2, -0.15) is 5.10 Å². The largest absolute Gasteiger partial charge is 0.381 e. The maximum absolute atomic E-state index is 12.3. The number of nitrogens with one attached hydrogen (secondary N) is 1. The van der Waals surface area contributed by atoms with E-state index in [1.165, 1.54) is 28.9 Å². The first-order chi connectivity index (χ1) is 9.72. The molecule has 1 aromatic carbocycles. The summed E-state index contributed by atoms with van der Waals surface area (Å²) in [5.41, 5.74) is 11.8. The molecule has 8 nitrogen and oxygen atoms in total. The zero-order valence-electron chi connectivity index (χ0n) is 11.5. The van der Waals surface area contributed by atoms with Crippen molar-refractivity contribution in [3.8, 4) is 0 Å². The van der Waals surface area contributed by atoms with Crippen molar-refractivity contribution < 1.29 is 13.2 Å². The van der Waals surface area contributed by atoms with Gasteiger partial charge in [-0.15, -0.1) is 0 Å². The molecular formula is C12H15N5O3S. The second-order valence-corrected chi connectivity index (χ2v) is 6.09. The summed E-state index contributed by atoms with van der Waals surface area (Å²) in [5, 5.41) is 3.87. The van der Waals surface area contributed by atoms with Crippen LogP contribution in [0.4, 0.5) is 11.5 Å². The predicted octanol–water partition coefficient (Wildman–Crippen LogP) is 0.210. The van der Waals surface area contributed by atoms with Gasteiger partial charge in [-0.05, 0) is 31.2 Å². The third-order valence-corrected chi connectivity index (χ3v) is 4.54. The van der Waals surface area contributed by atoms with E-state index >= 15 is 0 Å². The summed E-state index contributed by atoms with van der Waals surface area (Å²) >= 11 is 0. The molecule has 2 aromatic rings. The van der Waals surface area contributed by atoms with E-state index in [-0.39, 0.29) is 16.3 Å². The Morgan fingerprint density at radius 3 is 2.29 bits per heavy atom. The maximum atomic E-state index is 12.3. The molecule has 112 valence electrons. The molecule has 0 bridgehead atoms. The molecule has 0 saturated carbocycles. The Labute approximate surface area is 121 Å². The summed E-state index contributed by atoms with van der Waals surface area (Å²) in [6, 6.07) is 5.75. The lowest BCUT2D eigenvalue weighted by Gasteiger charge is -2.08. The Balaban J connectivity index is 2.35. The van der Waals surface area contributed by atoms with Crippen molar-refractivity contribution in [3.05, 3.63) is 35.5 Å². The number of hydrogen-bond acceptors (Lipinski definition) is 5. The number of nitrogens with two attached hydrogens (primary N) is 2. The van der Waals surface area contributed by atoms with Gasteiger partial charge in [0.05, 0.1) is 5.69 Å². The lowest BCUT2D eigenvalue weighted by molar-refractivity contribution is 0.100. The van der Waals surface area contributed by atoms with E-state index in [1.807, 2.05) is 0 Å². The zero-order valence-corrected chi connectivity index (χ0v) is 12.3. The first-order valence-corrected chi connectivity index (χ1v) is 7.42. The number of nitrogen functional groups attached to an aromatic ring is 1. The van der Waals surface area contributed by atoms with Crippen molar-refractivity contribution in [3.63, 3.8) is 0 Å². The standard InChI is InChI=1S/C12H15N5O3S/c1-7-10(11(13)15-17(7)2)21(19,20)16-9-5-3-8(4-6-9)12(14)18/h3-6,16H,1-2H3,(H2,13,15)(H2,14,18). The third-order valence-electron chi connectivity index (χ3n) is 2.99. The molecule has 0 fully saturated rings. The topological polar surface area (TPSA) is 133 Å². The number of carbonyl (C=O) groups excluding carboxylic acids is 1. The molecule has 0 radical (unpaired) electrons. The van der Waals surface area contributed by atoms with Crippen LogP contribution in [0.3, 0.4) is 0 Å².